The van der Waals surface area contributed by atoms with E-state index in [1.165, 1.54) is 18.2 Å². The van der Waals surface area contributed by atoms with Gasteiger partial charge in [-0.25, -0.2) is 4.39 Å². The largest absolute Gasteiger partial charge is 0.353 e. The highest BCUT2D eigenvalue weighted by molar-refractivity contribution is 6.04. The average Bonchev–Trinajstić information content (AvgIpc) is 2.75. The number of piperazine rings is 1. The Bertz CT molecular complexity index is 1000. The van der Waals surface area contributed by atoms with Gasteiger partial charge in [-0.1, -0.05) is 18.2 Å². The second-order valence-corrected chi connectivity index (χ2v) is 7.11. The second-order valence-electron chi connectivity index (χ2n) is 7.11. The minimum Gasteiger partial charge on any atom is -0.353 e. The quantitative estimate of drug-likeness (QED) is 0.740. The van der Waals surface area contributed by atoms with E-state index in [-0.39, 0.29) is 11.5 Å². The third-order valence-electron chi connectivity index (χ3n) is 4.98. The van der Waals surface area contributed by atoms with Gasteiger partial charge in [0.25, 0.3) is 5.91 Å². The topological polar surface area (TPSA) is 61.4 Å². The minimum absolute atomic E-state index is 0.270. The monoisotopic (exact) mass is 391 g/mol. The standard InChI is InChI=1S/C22H22FN5O/c1-27-10-12-28(13-11-27)21-9-8-20(25-26-21)16-4-3-7-19(15-16)24-22(29)17-5-2-6-18(23)14-17/h2-9,14-15H,10-13H2,1H3,(H,24,29). The molecule has 1 aliphatic heterocycles. The Balaban J connectivity index is 1.47. The molecule has 0 bridgehead atoms. The van der Waals surface area contributed by atoms with Crippen molar-refractivity contribution in [2.24, 2.45) is 0 Å². The Morgan fingerprint density at radius 1 is 0.966 bits per heavy atom. The highest BCUT2D eigenvalue weighted by Gasteiger charge is 2.16. The van der Waals surface area contributed by atoms with E-state index in [0.29, 0.717) is 5.69 Å². The number of carbonyl (C=O) groups excluding carboxylic acids is 1. The molecule has 1 N–H and O–H groups in total. The van der Waals surface area contributed by atoms with Gasteiger partial charge in [-0.15, -0.1) is 10.2 Å². The first kappa shape index (κ1) is 19.0. The van der Waals surface area contributed by atoms with Gasteiger partial charge < -0.3 is 15.1 Å². The van der Waals surface area contributed by atoms with Gasteiger partial charge in [-0.05, 0) is 49.5 Å². The molecule has 2 heterocycles. The molecule has 0 atom stereocenters. The first-order valence-corrected chi connectivity index (χ1v) is 9.53. The molecule has 3 aromatic rings. The summed E-state index contributed by atoms with van der Waals surface area (Å²) in [6, 6.07) is 16.9. The fourth-order valence-corrected chi connectivity index (χ4v) is 3.27. The molecule has 1 aliphatic rings. The Morgan fingerprint density at radius 3 is 2.48 bits per heavy atom. The second kappa shape index (κ2) is 8.36. The molecule has 1 saturated heterocycles. The first-order chi connectivity index (χ1) is 14.1. The summed E-state index contributed by atoms with van der Waals surface area (Å²) < 4.78 is 13.3. The molecule has 148 valence electrons. The molecule has 1 aromatic heterocycles. The summed E-state index contributed by atoms with van der Waals surface area (Å²) in [6.45, 7) is 3.89. The van der Waals surface area contributed by atoms with Crippen molar-refractivity contribution in [2.75, 3.05) is 43.4 Å². The van der Waals surface area contributed by atoms with Gasteiger partial charge in [0.2, 0.25) is 0 Å². The molecule has 2 aromatic carbocycles. The summed E-state index contributed by atoms with van der Waals surface area (Å²) in [5.41, 5.74) is 2.46. The molecule has 29 heavy (non-hydrogen) atoms. The Kier molecular flexibility index (Phi) is 5.48. The van der Waals surface area contributed by atoms with Crippen LogP contribution in [0.3, 0.4) is 0 Å². The summed E-state index contributed by atoms with van der Waals surface area (Å²) in [5, 5.41) is 11.5. The van der Waals surface area contributed by atoms with E-state index < -0.39 is 5.82 Å². The van der Waals surface area contributed by atoms with Gasteiger partial charge in [0.05, 0.1) is 5.69 Å². The van der Waals surface area contributed by atoms with Gasteiger partial charge in [0, 0.05) is 43.0 Å². The SMILES string of the molecule is CN1CCN(c2ccc(-c3cccc(NC(=O)c4cccc(F)c4)c3)nn2)CC1. The van der Waals surface area contributed by atoms with Gasteiger partial charge in [0.1, 0.15) is 5.82 Å². The summed E-state index contributed by atoms with van der Waals surface area (Å²) in [6.07, 6.45) is 0. The van der Waals surface area contributed by atoms with E-state index in [1.807, 2.05) is 30.3 Å². The third-order valence-corrected chi connectivity index (χ3v) is 4.98. The fourth-order valence-electron chi connectivity index (χ4n) is 3.27. The zero-order valence-electron chi connectivity index (χ0n) is 16.2. The summed E-state index contributed by atoms with van der Waals surface area (Å²) in [7, 11) is 2.12. The van der Waals surface area contributed by atoms with E-state index >= 15 is 0 Å². The van der Waals surface area contributed by atoms with E-state index in [9.17, 15) is 9.18 Å². The van der Waals surface area contributed by atoms with Crippen LogP contribution in [-0.2, 0) is 0 Å². The minimum atomic E-state index is -0.442. The number of halogens is 1. The fraction of sp³-hybridized carbons (Fsp3) is 0.227. The van der Waals surface area contributed by atoms with Gasteiger partial charge >= 0.3 is 0 Å². The zero-order chi connectivity index (χ0) is 20.2. The number of nitrogens with one attached hydrogen (secondary N) is 1. The van der Waals surface area contributed by atoms with E-state index in [0.717, 1.165) is 43.3 Å². The van der Waals surface area contributed by atoms with Crippen molar-refractivity contribution in [1.29, 1.82) is 0 Å². The third kappa shape index (κ3) is 4.57. The number of rotatable bonds is 4. The Labute approximate surface area is 169 Å². The lowest BCUT2D eigenvalue weighted by Crippen LogP contribution is -2.44. The van der Waals surface area contributed by atoms with Crippen LogP contribution >= 0.6 is 0 Å². The van der Waals surface area contributed by atoms with Crippen molar-refractivity contribution >= 4 is 17.4 Å². The van der Waals surface area contributed by atoms with Crippen molar-refractivity contribution in [1.82, 2.24) is 15.1 Å². The molecular formula is C22H22FN5O. The highest BCUT2D eigenvalue weighted by Crippen LogP contribution is 2.22. The number of hydrogen-bond acceptors (Lipinski definition) is 5. The molecule has 6 nitrogen and oxygen atoms in total. The maximum Gasteiger partial charge on any atom is 0.255 e. The molecule has 4 rings (SSSR count). The van der Waals surface area contributed by atoms with Gasteiger partial charge in [0.15, 0.2) is 5.82 Å². The highest BCUT2D eigenvalue weighted by atomic mass is 19.1. The number of nitrogens with zero attached hydrogens (tertiary/aromatic N) is 4. The molecule has 1 fully saturated rings. The average molecular weight is 391 g/mol. The van der Waals surface area contributed by atoms with E-state index in [2.05, 4.69) is 32.4 Å². The summed E-state index contributed by atoms with van der Waals surface area (Å²) in [4.78, 5) is 16.9. The van der Waals surface area contributed by atoms with Crippen molar-refractivity contribution < 1.29 is 9.18 Å². The summed E-state index contributed by atoms with van der Waals surface area (Å²) >= 11 is 0. The van der Waals surface area contributed by atoms with Crippen LogP contribution in [0.15, 0.2) is 60.7 Å². The van der Waals surface area contributed by atoms with Crippen LogP contribution in [0.1, 0.15) is 10.4 Å². The number of benzene rings is 2. The lowest BCUT2D eigenvalue weighted by atomic mass is 10.1. The zero-order valence-corrected chi connectivity index (χ0v) is 16.2. The van der Waals surface area contributed by atoms with Crippen molar-refractivity contribution in [3.05, 3.63) is 72.0 Å². The molecule has 0 unspecified atom stereocenters. The molecule has 7 heteroatoms. The number of likely N-dealkylation sites (N-methyl/N-ethyl adjacent to an activating group) is 1. The predicted molar refractivity (Wildman–Crippen MR) is 112 cm³/mol. The van der Waals surface area contributed by atoms with Crippen molar-refractivity contribution in [2.45, 2.75) is 0 Å². The normalized spacial score (nSPS) is 14.6. The smallest absolute Gasteiger partial charge is 0.255 e. The molecular weight excluding hydrogens is 369 g/mol. The van der Waals surface area contributed by atoms with Gasteiger partial charge in [-0.3, -0.25) is 4.79 Å². The molecule has 0 spiro atoms. The van der Waals surface area contributed by atoms with Crippen LogP contribution < -0.4 is 10.2 Å². The molecule has 1 amide bonds. The van der Waals surface area contributed by atoms with Crippen LogP contribution in [0.2, 0.25) is 0 Å². The van der Waals surface area contributed by atoms with E-state index in [1.54, 1.807) is 12.1 Å². The van der Waals surface area contributed by atoms with Gasteiger partial charge in [-0.2, -0.15) is 0 Å². The predicted octanol–water partition coefficient (Wildman–Crippen LogP) is 3.29. The van der Waals surface area contributed by atoms with Crippen LogP contribution in [0.5, 0.6) is 0 Å². The Hall–Kier alpha value is -3.32. The van der Waals surface area contributed by atoms with Crippen LogP contribution in [-0.4, -0.2) is 54.2 Å². The first-order valence-electron chi connectivity index (χ1n) is 9.53. The lowest BCUT2D eigenvalue weighted by Gasteiger charge is -2.32. The molecule has 0 saturated carbocycles. The summed E-state index contributed by atoms with van der Waals surface area (Å²) in [5.74, 6) is 0.0673. The van der Waals surface area contributed by atoms with E-state index in [4.69, 9.17) is 0 Å². The molecule has 0 aliphatic carbocycles. The van der Waals surface area contributed by atoms with Crippen molar-refractivity contribution in [3.8, 4) is 11.3 Å². The lowest BCUT2D eigenvalue weighted by molar-refractivity contribution is 0.102. The van der Waals surface area contributed by atoms with Crippen molar-refractivity contribution in [3.63, 3.8) is 0 Å². The maximum absolute atomic E-state index is 13.3. The number of amides is 1. The molecule has 0 radical (unpaired) electrons. The number of anilines is 2. The number of carbonyl (C=O) groups is 1. The van der Waals surface area contributed by atoms with Crippen LogP contribution in [0, 0.1) is 5.82 Å². The maximum atomic E-state index is 13.3. The van der Waals surface area contributed by atoms with Crippen LogP contribution in [0.4, 0.5) is 15.9 Å². The van der Waals surface area contributed by atoms with Crippen LogP contribution in [0.25, 0.3) is 11.3 Å². The number of aromatic nitrogens is 2. The Morgan fingerprint density at radius 2 is 1.76 bits per heavy atom. The number of hydrogen-bond donors (Lipinski definition) is 1.